The number of benzene rings is 1. The Balaban J connectivity index is 2.01. The molecule has 0 aliphatic rings. The second-order valence-corrected chi connectivity index (χ2v) is 4.27. The predicted octanol–water partition coefficient (Wildman–Crippen LogP) is 2.58. The Morgan fingerprint density at radius 3 is 2.70 bits per heavy atom. The van der Waals surface area contributed by atoms with Gasteiger partial charge in [-0.3, -0.25) is 9.78 Å². The van der Waals surface area contributed by atoms with Crippen LogP contribution in [-0.2, 0) is 6.54 Å². The van der Waals surface area contributed by atoms with Crippen LogP contribution in [0.5, 0.6) is 0 Å². The van der Waals surface area contributed by atoms with E-state index in [1.807, 2.05) is 6.92 Å². The third-order valence-corrected chi connectivity index (χ3v) is 2.74. The van der Waals surface area contributed by atoms with Crippen molar-refractivity contribution in [1.82, 2.24) is 10.3 Å². The van der Waals surface area contributed by atoms with E-state index in [4.69, 9.17) is 0 Å². The van der Waals surface area contributed by atoms with Crippen molar-refractivity contribution >= 4 is 11.6 Å². The van der Waals surface area contributed by atoms with Gasteiger partial charge in [-0.1, -0.05) is 12.1 Å². The van der Waals surface area contributed by atoms with Gasteiger partial charge in [-0.25, -0.2) is 4.39 Å². The van der Waals surface area contributed by atoms with E-state index in [0.717, 1.165) is 11.3 Å². The summed E-state index contributed by atoms with van der Waals surface area (Å²) in [5, 5.41) is 5.87. The minimum absolute atomic E-state index is 0.196. The number of pyridine rings is 1. The molecule has 0 unspecified atom stereocenters. The van der Waals surface area contributed by atoms with Gasteiger partial charge in [0.05, 0.1) is 0 Å². The first-order valence-electron chi connectivity index (χ1n) is 6.41. The van der Waals surface area contributed by atoms with Crippen LogP contribution in [0.25, 0.3) is 0 Å². The Kier molecular flexibility index (Phi) is 4.65. The van der Waals surface area contributed by atoms with E-state index in [1.165, 1.54) is 12.1 Å². The fourth-order valence-electron chi connectivity index (χ4n) is 1.72. The van der Waals surface area contributed by atoms with Crippen LogP contribution in [-0.4, -0.2) is 17.4 Å². The van der Waals surface area contributed by atoms with Gasteiger partial charge in [-0.15, -0.1) is 0 Å². The highest BCUT2D eigenvalue weighted by Gasteiger charge is 2.06. The van der Waals surface area contributed by atoms with E-state index in [1.54, 1.807) is 30.5 Å². The largest absolute Gasteiger partial charge is 0.381 e. The van der Waals surface area contributed by atoms with Crippen molar-refractivity contribution in [3.05, 3.63) is 59.7 Å². The van der Waals surface area contributed by atoms with Crippen molar-refractivity contribution in [2.75, 3.05) is 11.9 Å². The Bertz CT molecular complexity index is 584. The molecule has 1 aromatic carbocycles. The van der Waals surface area contributed by atoms with Gasteiger partial charge in [0.1, 0.15) is 11.5 Å². The Morgan fingerprint density at radius 2 is 2.00 bits per heavy atom. The summed E-state index contributed by atoms with van der Waals surface area (Å²) in [6.45, 7) is 2.97. The van der Waals surface area contributed by atoms with Crippen LogP contribution in [0.4, 0.5) is 10.1 Å². The molecule has 2 aromatic rings. The number of aromatic nitrogens is 1. The quantitative estimate of drug-likeness (QED) is 0.880. The number of amides is 1. The van der Waals surface area contributed by atoms with Crippen LogP contribution in [0.15, 0.2) is 42.6 Å². The molecule has 0 fully saturated rings. The lowest BCUT2D eigenvalue weighted by atomic mass is 10.2. The lowest BCUT2D eigenvalue weighted by Gasteiger charge is -2.08. The highest BCUT2D eigenvalue weighted by Crippen LogP contribution is 2.11. The molecule has 0 aliphatic heterocycles. The molecule has 0 radical (unpaired) electrons. The Morgan fingerprint density at radius 1 is 1.25 bits per heavy atom. The highest BCUT2D eigenvalue weighted by atomic mass is 19.1. The first-order valence-corrected chi connectivity index (χ1v) is 6.41. The molecule has 20 heavy (non-hydrogen) atoms. The maximum atomic E-state index is 12.8. The van der Waals surface area contributed by atoms with Gasteiger partial charge >= 0.3 is 0 Å². The van der Waals surface area contributed by atoms with E-state index in [2.05, 4.69) is 15.6 Å². The van der Waals surface area contributed by atoms with Crippen LogP contribution in [0.3, 0.4) is 0 Å². The standard InChI is InChI=1S/C15H16FN3O/c1-2-17-15(20)14-9-13(7-8-18-14)19-10-11-3-5-12(16)6-4-11/h3-9H,2,10H2,1H3,(H,17,20)(H,18,19). The second kappa shape index (κ2) is 6.65. The summed E-state index contributed by atoms with van der Waals surface area (Å²) in [5.41, 5.74) is 2.13. The Labute approximate surface area is 117 Å². The molecule has 104 valence electrons. The lowest BCUT2D eigenvalue weighted by Crippen LogP contribution is -2.23. The summed E-state index contributed by atoms with van der Waals surface area (Å²) in [6, 6.07) is 9.75. The second-order valence-electron chi connectivity index (χ2n) is 4.27. The van der Waals surface area contributed by atoms with Crippen LogP contribution in [0.2, 0.25) is 0 Å². The first kappa shape index (κ1) is 14.0. The molecule has 2 rings (SSSR count). The summed E-state index contributed by atoms with van der Waals surface area (Å²) in [6.07, 6.45) is 1.58. The number of halogens is 1. The minimum Gasteiger partial charge on any atom is -0.381 e. The first-order chi connectivity index (χ1) is 9.69. The third kappa shape index (κ3) is 3.78. The molecule has 1 heterocycles. The molecule has 5 heteroatoms. The Hall–Kier alpha value is -2.43. The number of carbonyl (C=O) groups is 1. The van der Waals surface area contributed by atoms with E-state index >= 15 is 0 Å². The molecule has 0 saturated heterocycles. The zero-order valence-electron chi connectivity index (χ0n) is 11.2. The number of rotatable bonds is 5. The third-order valence-electron chi connectivity index (χ3n) is 2.74. The van der Waals surface area contributed by atoms with Gasteiger partial charge in [-0.2, -0.15) is 0 Å². The summed E-state index contributed by atoms with van der Waals surface area (Å²) in [5.74, 6) is -0.450. The summed E-state index contributed by atoms with van der Waals surface area (Å²) < 4.78 is 12.8. The monoisotopic (exact) mass is 273 g/mol. The van der Waals surface area contributed by atoms with Gasteiger partial charge in [0, 0.05) is 25.0 Å². The molecule has 0 bridgehead atoms. The van der Waals surface area contributed by atoms with E-state index < -0.39 is 0 Å². The maximum absolute atomic E-state index is 12.8. The number of hydrogen-bond donors (Lipinski definition) is 2. The molecule has 4 nitrogen and oxygen atoms in total. The van der Waals surface area contributed by atoms with Crippen molar-refractivity contribution < 1.29 is 9.18 Å². The molecule has 1 aromatic heterocycles. The molecule has 0 spiro atoms. The molecular weight excluding hydrogens is 257 g/mol. The van der Waals surface area contributed by atoms with Gasteiger partial charge < -0.3 is 10.6 Å². The van der Waals surface area contributed by atoms with Crippen molar-refractivity contribution in [1.29, 1.82) is 0 Å². The maximum Gasteiger partial charge on any atom is 0.269 e. The number of hydrogen-bond acceptors (Lipinski definition) is 3. The molecular formula is C15H16FN3O. The van der Waals surface area contributed by atoms with Gasteiger partial charge in [0.25, 0.3) is 5.91 Å². The van der Waals surface area contributed by atoms with Gasteiger partial charge in [0.15, 0.2) is 0 Å². The van der Waals surface area contributed by atoms with Crippen molar-refractivity contribution in [3.8, 4) is 0 Å². The molecule has 0 atom stereocenters. The number of nitrogens with one attached hydrogen (secondary N) is 2. The van der Waals surface area contributed by atoms with E-state index in [9.17, 15) is 9.18 Å². The fourth-order valence-corrected chi connectivity index (χ4v) is 1.72. The number of carbonyl (C=O) groups excluding carboxylic acids is 1. The zero-order valence-corrected chi connectivity index (χ0v) is 11.2. The van der Waals surface area contributed by atoms with Gasteiger partial charge in [-0.05, 0) is 36.8 Å². The van der Waals surface area contributed by atoms with Crippen molar-refractivity contribution in [2.24, 2.45) is 0 Å². The number of nitrogens with zero attached hydrogens (tertiary/aromatic N) is 1. The summed E-state index contributed by atoms with van der Waals surface area (Å²) in [7, 11) is 0. The molecule has 0 aliphatic carbocycles. The van der Waals surface area contributed by atoms with Crippen molar-refractivity contribution in [3.63, 3.8) is 0 Å². The molecule has 1 amide bonds. The summed E-state index contributed by atoms with van der Waals surface area (Å²) >= 11 is 0. The number of anilines is 1. The molecule has 2 N–H and O–H groups in total. The van der Waals surface area contributed by atoms with Crippen LogP contribution in [0.1, 0.15) is 23.0 Å². The summed E-state index contributed by atoms with van der Waals surface area (Å²) in [4.78, 5) is 15.7. The molecule has 0 saturated carbocycles. The van der Waals surface area contributed by atoms with Crippen LogP contribution >= 0.6 is 0 Å². The van der Waals surface area contributed by atoms with E-state index in [-0.39, 0.29) is 11.7 Å². The zero-order chi connectivity index (χ0) is 14.4. The minimum atomic E-state index is -0.254. The van der Waals surface area contributed by atoms with Crippen molar-refractivity contribution in [2.45, 2.75) is 13.5 Å². The van der Waals surface area contributed by atoms with E-state index in [0.29, 0.717) is 18.8 Å². The average molecular weight is 273 g/mol. The topological polar surface area (TPSA) is 54.0 Å². The SMILES string of the molecule is CCNC(=O)c1cc(NCc2ccc(F)cc2)ccn1. The lowest BCUT2D eigenvalue weighted by molar-refractivity contribution is 0.0951. The predicted molar refractivity (Wildman–Crippen MR) is 76.0 cm³/mol. The fraction of sp³-hybridized carbons (Fsp3) is 0.200. The van der Waals surface area contributed by atoms with Crippen LogP contribution in [0, 0.1) is 5.82 Å². The van der Waals surface area contributed by atoms with Crippen LogP contribution < -0.4 is 10.6 Å². The van der Waals surface area contributed by atoms with Gasteiger partial charge in [0.2, 0.25) is 0 Å². The highest BCUT2D eigenvalue weighted by molar-refractivity contribution is 5.93. The average Bonchev–Trinajstić information content (AvgIpc) is 2.47. The smallest absolute Gasteiger partial charge is 0.269 e. The normalized spacial score (nSPS) is 10.1.